The fraction of sp³-hybridized carbons (Fsp3) is 0.533. The molecule has 0 radical (unpaired) electrons. The minimum absolute atomic E-state index is 0.0369. The molecule has 1 aromatic rings. The van der Waals surface area contributed by atoms with Gasteiger partial charge < -0.3 is 10.6 Å². The molecule has 0 saturated heterocycles. The Morgan fingerprint density at radius 1 is 1.37 bits per heavy atom. The number of hydrogen-bond donors (Lipinski definition) is 2. The minimum atomic E-state index is 0.0369. The fourth-order valence-corrected chi connectivity index (χ4v) is 2.17. The van der Waals surface area contributed by atoms with Gasteiger partial charge in [0.25, 0.3) is 0 Å². The standard InChI is InChI=1S/C15H23ClN2O/c1-4-6-11(2)18-15(19)10-17-12(3)13-7-5-8-14(16)9-13/h5,7-9,11-12,17H,4,6,10H2,1-3H3,(H,18,19). The van der Waals surface area contributed by atoms with Gasteiger partial charge in [-0.05, 0) is 38.0 Å². The van der Waals surface area contributed by atoms with Crippen LogP contribution in [-0.4, -0.2) is 18.5 Å². The largest absolute Gasteiger partial charge is 0.353 e. The summed E-state index contributed by atoms with van der Waals surface area (Å²) in [5.41, 5.74) is 1.09. The molecule has 19 heavy (non-hydrogen) atoms. The molecule has 1 amide bonds. The quantitative estimate of drug-likeness (QED) is 0.806. The maximum atomic E-state index is 11.7. The highest BCUT2D eigenvalue weighted by Gasteiger charge is 2.09. The van der Waals surface area contributed by atoms with E-state index in [1.165, 1.54) is 0 Å². The van der Waals surface area contributed by atoms with E-state index in [-0.39, 0.29) is 18.0 Å². The molecule has 2 unspecified atom stereocenters. The maximum Gasteiger partial charge on any atom is 0.234 e. The van der Waals surface area contributed by atoms with Crippen LogP contribution in [-0.2, 0) is 4.79 Å². The van der Waals surface area contributed by atoms with Gasteiger partial charge in [-0.3, -0.25) is 4.79 Å². The lowest BCUT2D eigenvalue weighted by atomic mass is 10.1. The van der Waals surface area contributed by atoms with Crippen molar-refractivity contribution in [3.8, 4) is 0 Å². The summed E-state index contributed by atoms with van der Waals surface area (Å²) in [4.78, 5) is 11.7. The molecule has 1 aromatic carbocycles. The summed E-state index contributed by atoms with van der Waals surface area (Å²) in [6, 6.07) is 8.01. The maximum absolute atomic E-state index is 11.7. The summed E-state index contributed by atoms with van der Waals surface area (Å²) >= 11 is 5.95. The average Bonchev–Trinajstić information content (AvgIpc) is 2.36. The van der Waals surface area contributed by atoms with Crippen LogP contribution in [0.3, 0.4) is 0 Å². The second kappa shape index (κ2) is 8.18. The molecular weight excluding hydrogens is 260 g/mol. The first-order chi connectivity index (χ1) is 9.02. The van der Waals surface area contributed by atoms with Crippen LogP contribution < -0.4 is 10.6 Å². The molecule has 2 atom stereocenters. The first-order valence-electron chi connectivity index (χ1n) is 6.81. The Hall–Kier alpha value is -1.06. The third kappa shape index (κ3) is 6.08. The number of amides is 1. The lowest BCUT2D eigenvalue weighted by Crippen LogP contribution is -2.39. The van der Waals surface area contributed by atoms with E-state index in [1.54, 1.807) is 0 Å². The SMILES string of the molecule is CCCC(C)NC(=O)CNC(C)c1cccc(Cl)c1. The topological polar surface area (TPSA) is 41.1 Å². The minimum Gasteiger partial charge on any atom is -0.353 e. The average molecular weight is 283 g/mol. The van der Waals surface area contributed by atoms with E-state index in [0.717, 1.165) is 18.4 Å². The van der Waals surface area contributed by atoms with Gasteiger partial charge in [-0.25, -0.2) is 0 Å². The van der Waals surface area contributed by atoms with Crippen molar-refractivity contribution in [2.45, 2.75) is 45.7 Å². The van der Waals surface area contributed by atoms with E-state index in [2.05, 4.69) is 17.6 Å². The van der Waals surface area contributed by atoms with Crippen molar-refractivity contribution in [2.75, 3.05) is 6.54 Å². The molecule has 0 spiro atoms. The van der Waals surface area contributed by atoms with Gasteiger partial charge >= 0.3 is 0 Å². The number of rotatable bonds is 7. The van der Waals surface area contributed by atoms with Gasteiger partial charge in [0.15, 0.2) is 0 Å². The predicted octanol–water partition coefficient (Wildman–Crippen LogP) is 3.30. The Labute approximate surface area is 120 Å². The second-order valence-corrected chi connectivity index (χ2v) is 5.35. The predicted molar refractivity (Wildman–Crippen MR) is 80.4 cm³/mol. The molecule has 0 aliphatic heterocycles. The van der Waals surface area contributed by atoms with E-state index in [1.807, 2.05) is 38.1 Å². The molecule has 4 heteroatoms. The zero-order chi connectivity index (χ0) is 14.3. The highest BCUT2D eigenvalue weighted by atomic mass is 35.5. The van der Waals surface area contributed by atoms with Crippen LogP contribution in [0.1, 0.15) is 45.2 Å². The Morgan fingerprint density at radius 2 is 2.11 bits per heavy atom. The van der Waals surface area contributed by atoms with Crippen LogP contribution in [0, 0.1) is 0 Å². The van der Waals surface area contributed by atoms with Crippen LogP contribution >= 0.6 is 11.6 Å². The highest BCUT2D eigenvalue weighted by Crippen LogP contribution is 2.16. The molecule has 0 heterocycles. The zero-order valence-electron chi connectivity index (χ0n) is 11.9. The number of nitrogens with one attached hydrogen (secondary N) is 2. The summed E-state index contributed by atoms with van der Waals surface area (Å²) in [6.07, 6.45) is 2.09. The lowest BCUT2D eigenvalue weighted by molar-refractivity contribution is -0.121. The van der Waals surface area contributed by atoms with Gasteiger partial charge in [0, 0.05) is 17.1 Å². The van der Waals surface area contributed by atoms with Crippen LogP contribution in [0.15, 0.2) is 24.3 Å². The molecule has 0 bridgehead atoms. The van der Waals surface area contributed by atoms with E-state index in [4.69, 9.17) is 11.6 Å². The molecular formula is C15H23ClN2O. The summed E-state index contributed by atoms with van der Waals surface area (Å²) in [5, 5.41) is 6.89. The van der Waals surface area contributed by atoms with E-state index < -0.39 is 0 Å². The van der Waals surface area contributed by atoms with Gasteiger partial charge in [0.05, 0.1) is 6.54 Å². The normalized spacial score (nSPS) is 13.9. The first kappa shape index (κ1) is 16.0. The number of carbonyl (C=O) groups excluding carboxylic acids is 1. The molecule has 2 N–H and O–H groups in total. The summed E-state index contributed by atoms with van der Waals surface area (Å²) in [6.45, 7) is 6.49. The van der Waals surface area contributed by atoms with Crippen molar-refractivity contribution < 1.29 is 4.79 Å². The Bertz CT molecular complexity index is 409. The highest BCUT2D eigenvalue weighted by molar-refractivity contribution is 6.30. The third-order valence-electron chi connectivity index (χ3n) is 3.05. The van der Waals surface area contributed by atoms with Gasteiger partial charge in [0.2, 0.25) is 5.91 Å². The molecule has 106 valence electrons. The van der Waals surface area contributed by atoms with Crippen LogP contribution in [0.4, 0.5) is 0 Å². The summed E-state index contributed by atoms with van der Waals surface area (Å²) in [5.74, 6) is 0.0369. The Kier molecular flexibility index (Phi) is 6.89. The van der Waals surface area contributed by atoms with Crippen LogP contribution in [0.25, 0.3) is 0 Å². The van der Waals surface area contributed by atoms with E-state index >= 15 is 0 Å². The van der Waals surface area contributed by atoms with Crippen molar-refractivity contribution in [3.63, 3.8) is 0 Å². The molecule has 0 aromatic heterocycles. The van der Waals surface area contributed by atoms with Crippen molar-refractivity contribution >= 4 is 17.5 Å². The Balaban J connectivity index is 2.37. The Morgan fingerprint density at radius 3 is 2.74 bits per heavy atom. The number of halogens is 1. The summed E-state index contributed by atoms with van der Waals surface area (Å²) < 4.78 is 0. The zero-order valence-corrected chi connectivity index (χ0v) is 12.6. The van der Waals surface area contributed by atoms with Crippen molar-refractivity contribution in [3.05, 3.63) is 34.9 Å². The van der Waals surface area contributed by atoms with Crippen molar-refractivity contribution in [1.29, 1.82) is 0 Å². The smallest absolute Gasteiger partial charge is 0.234 e. The molecule has 0 aliphatic rings. The second-order valence-electron chi connectivity index (χ2n) is 4.91. The summed E-state index contributed by atoms with van der Waals surface area (Å²) in [7, 11) is 0. The fourth-order valence-electron chi connectivity index (χ4n) is 1.97. The van der Waals surface area contributed by atoms with Gasteiger partial charge in [-0.2, -0.15) is 0 Å². The number of carbonyl (C=O) groups is 1. The van der Waals surface area contributed by atoms with Gasteiger partial charge in [0.1, 0.15) is 0 Å². The van der Waals surface area contributed by atoms with Gasteiger partial charge in [-0.15, -0.1) is 0 Å². The molecule has 0 fully saturated rings. The first-order valence-corrected chi connectivity index (χ1v) is 7.19. The van der Waals surface area contributed by atoms with Crippen LogP contribution in [0.2, 0.25) is 5.02 Å². The molecule has 0 aliphatic carbocycles. The van der Waals surface area contributed by atoms with Crippen molar-refractivity contribution in [1.82, 2.24) is 10.6 Å². The van der Waals surface area contributed by atoms with E-state index in [0.29, 0.717) is 11.6 Å². The van der Waals surface area contributed by atoms with E-state index in [9.17, 15) is 4.79 Å². The molecule has 3 nitrogen and oxygen atoms in total. The third-order valence-corrected chi connectivity index (χ3v) is 3.28. The monoisotopic (exact) mass is 282 g/mol. The van der Waals surface area contributed by atoms with Crippen LogP contribution in [0.5, 0.6) is 0 Å². The number of hydrogen-bond acceptors (Lipinski definition) is 2. The van der Waals surface area contributed by atoms with Crippen molar-refractivity contribution in [2.24, 2.45) is 0 Å². The van der Waals surface area contributed by atoms with Gasteiger partial charge in [-0.1, -0.05) is 37.1 Å². The molecule has 1 rings (SSSR count). The lowest BCUT2D eigenvalue weighted by Gasteiger charge is -2.16. The molecule has 0 saturated carbocycles. The number of benzene rings is 1.